The number of hydrogen-bond acceptors (Lipinski definition) is 0. The fourth-order valence-electron chi connectivity index (χ4n) is 0.682. The molecule has 0 aromatic carbocycles. The number of hydrogen-bond donors (Lipinski definition) is 0. The van der Waals surface area contributed by atoms with Crippen LogP contribution in [0.25, 0.3) is 0 Å². The molecular formula is C10H18BF. The lowest BCUT2D eigenvalue weighted by Gasteiger charge is -2.23. The summed E-state index contributed by atoms with van der Waals surface area (Å²) in [6.07, 6.45) is 1.53. The average molecular weight is 168 g/mol. The van der Waals surface area contributed by atoms with Crippen LogP contribution < -0.4 is 0 Å². The first-order valence-electron chi connectivity index (χ1n) is 4.44. The Bertz CT molecular complexity index is 169. The van der Waals surface area contributed by atoms with Gasteiger partial charge in [0.15, 0.2) is 0 Å². The van der Waals surface area contributed by atoms with E-state index in [2.05, 4.69) is 0 Å². The van der Waals surface area contributed by atoms with Crippen molar-refractivity contribution in [2.75, 3.05) is 0 Å². The summed E-state index contributed by atoms with van der Waals surface area (Å²) >= 11 is 0. The average Bonchev–Trinajstić information content (AvgIpc) is 1.85. The lowest BCUT2D eigenvalue weighted by molar-refractivity contribution is 0.260. The quantitative estimate of drug-likeness (QED) is 0.448. The lowest BCUT2D eigenvalue weighted by Crippen LogP contribution is -2.28. The van der Waals surface area contributed by atoms with E-state index in [1.165, 1.54) is 6.08 Å². The van der Waals surface area contributed by atoms with Crippen molar-refractivity contribution >= 4 is 7.85 Å². The molecule has 68 valence electrons. The van der Waals surface area contributed by atoms with Crippen molar-refractivity contribution in [3.8, 4) is 0 Å². The number of halogens is 1. The molecule has 0 N–H and O–H groups in total. The van der Waals surface area contributed by atoms with Crippen LogP contribution in [0, 0.1) is 11.8 Å². The van der Waals surface area contributed by atoms with Crippen molar-refractivity contribution in [2.24, 2.45) is 11.8 Å². The molecule has 0 saturated carbocycles. The Balaban J connectivity index is 4.50. The van der Waals surface area contributed by atoms with Crippen molar-refractivity contribution in [3.63, 3.8) is 0 Å². The SMILES string of the molecule is [B]C(F)(/C=C(\C)C(C)C)C(C)C. The van der Waals surface area contributed by atoms with E-state index in [9.17, 15) is 4.39 Å². The van der Waals surface area contributed by atoms with Crippen LogP contribution in [0.1, 0.15) is 34.6 Å². The molecule has 0 aliphatic heterocycles. The van der Waals surface area contributed by atoms with Crippen molar-refractivity contribution in [1.29, 1.82) is 0 Å². The van der Waals surface area contributed by atoms with Gasteiger partial charge in [0.2, 0.25) is 0 Å². The zero-order valence-corrected chi connectivity index (χ0v) is 8.69. The van der Waals surface area contributed by atoms with E-state index in [1.807, 2.05) is 20.8 Å². The second-order valence-electron chi connectivity index (χ2n) is 4.03. The summed E-state index contributed by atoms with van der Waals surface area (Å²) in [6, 6.07) is 0. The van der Waals surface area contributed by atoms with Crippen molar-refractivity contribution in [2.45, 2.75) is 40.2 Å². The summed E-state index contributed by atoms with van der Waals surface area (Å²) in [5.41, 5.74) is -0.650. The Morgan fingerprint density at radius 3 is 2.00 bits per heavy atom. The van der Waals surface area contributed by atoms with Crippen molar-refractivity contribution < 1.29 is 4.39 Å². The second-order valence-corrected chi connectivity index (χ2v) is 4.03. The van der Waals surface area contributed by atoms with Gasteiger partial charge in [-0.1, -0.05) is 39.3 Å². The highest BCUT2D eigenvalue weighted by Gasteiger charge is 2.24. The molecule has 0 amide bonds. The molecule has 0 spiro atoms. The molecule has 0 heterocycles. The maximum absolute atomic E-state index is 13.5. The maximum atomic E-state index is 13.5. The van der Waals surface area contributed by atoms with Crippen LogP contribution >= 0.6 is 0 Å². The van der Waals surface area contributed by atoms with Gasteiger partial charge in [-0.2, -0.15) is 0 Å². The standard InChI is InChI=1S/C10H18BF/c1-7(2)9(5)6-10(11,12)8(3)4/h6-8H,1-5H3/b9-6+. The molecule has 1 unspecified atom stereocenters. The van der Waals surface area contributed by atoms with Crippen LogP contribution in [0.2, 0.25) is 0 Å². The summed E-state index contributed by atoms with van der Waals surface area (Å²) in [7, 11) is 5.46. The third kappa shape index (κ3) is 3.42. The summed E-state index contributed by atoms with van der Waals surface area (Å²) < 4.78 is 13.5. The molecule has 0 fully saturated rings. The van der Waals surface area contributed by atoms with Crippen LogP contribution in [-0.4, -0.2) is 13.4 Å². The van der Waals surface area contributed by atoms with Gasteiger partial charge in [-0.15, -0.1) is 0 Å². The lowest BCUT2D eigenvalue weighted by atomic mass is 9.73. The van der Waals surface area contributed by atoms with Gasteiger partial charge in [-0.3, -0.25) is 4.39 Å². The number of allylic oxidation sites excluding steroid dienone is 2. The van der Waals surface area contributed by atoms with Crippen molar-refractivity contribution in [3.05, 3.63) is 11.6 Å². The molecule has 0 bridgehead atoms. The highest BCUT2D eigenvalue weighted by Crippen LogP contribution is 2.23. The number of rotatable bonds is 3. The molecule has 2 radical (unpaired) electrons. The van der Waals surface area contributed by atoms with Gasteiger partial charge in [-0.25, -0.2) is 0 Å². The second kappa shape index (κ2) is 4.11. The van der Waals surface area contributed by atoms with Crippen LogP contribution in [0.4, 0.5) is 4.39 Å². The van der Waals surface area contributed by atoms with E-state index in [-0.39, 0.29) is 5.92 Å². The van der Waals surface area contributed by atoms with Crippen LogP contribution in [0.3, 0.4) is 0 Å². The molecule has 0 saturated heterocycles. The molecule has 0 aromatic rings. The Labute approximate surface area is 76.7 Å². The zero-order chi connectivity index (χ0) is 9.94. The Morgan fingerprint density at radius 1 is 1.33 bits per heavy atom. The van der Waals surface area contributed by atoms with E-state index in [0.717, 1.165) is 5.57 Å². The first-order chi connectivity index (χ1) is 5.27. The van der Waals surface area contributed by atoms with Gasteiger partial charge in [0.1, 0.15) is 7.85 Å². The van der Waals surface area contributed by atoms with Gasteiger partial charge in [0, 0.05) is 0 Å². The van der Waals surface area contributed by atoms with Gasteiger partial charge in [-0.05, 0) is 18.8 Å². The Hall–Kier alpha value is -0.265. The van der Waals surface area contributed by atoms with Crippen LogP contribution in [0.5, 0.6) is 0 Å². The van der Waals surface area contributed by atoms with E-state index in [4.69, 9.17) is 7.85 Å². The molecule has 0 aromatic heterocycles. The minimum atomic E-state index is -1.66. The van der Waals surface area contributed by atoms with Gasteiger partial charge in [0.05, 0.1) is 5.57 Å². The van der Waals surface area contributed by atoms with Gasteiger partial charge >= 0.3 is 0 Å². The summed E-state index contributed by atoms with van der Waals surface area (Å²) in [6.45, 7) is 9.53. The predicted molar refractivity (Wildman–Crippen MR) is 53.0 cm³/mol. The molecule has 1 atom stereocenters. The van der Waals surface area contributed by atoms with Crippen molar-refractivity contribution in [1.82, 2.24) is 0 Å². The highest BCUT2D eigenvalue weighted by atomic mass is 19.1. The summed E-state index contributed by atoms with van der Waals surface area (Å²) in [5, 5.41) is 0. The molecular weight excluding hydrogens is 150 g/mol. The first-order valence-corrected chi connectivity index (χ1v) is 4.44. The molecule has 2 heteroatoms. The zero-order valence-electron chi connectivity index (χ0n) is 8.69. The first kappa shape index (κ1) is 11.7. The summed E-state index contributed by atoms with van der Waals surface area (Å²) in [5.74, 6) is 0.189. The van der Waals surface area contributed by atoms with E-state index in [0.29, 0.717) is 5.92 Å². The highest BCUT2D eigenvalue weighted by molar-refractivity contribution is 6.16. The smallest absolute Gasteiger partial charge is 0.127 e. The molecule has 0 nitrogen and oxygen atoms in total. The minimum absolute atomic E-state index is 0.175. The monoisotopic (exact) mass is 168 g/mol. The van der Waals surface area contributed by atoms with Crippen LogP contribution in [-0.2, 0) is 0 Å². The Morgan fingerprint density at radius 2 is 1.75 bits per heavy atom. The molecule has 0 aliphatic rings. The number of alkyl halides is 1. The fourth-order valence-corrected chi connectivity index (χ4v) is 0.682. The third-order valence-electron chi connectivity index (χ3n) is 2.24. The molecule has 12 heavy (non-hydrogen) atoms. The largest absolute Gasteiger partial charge is 0.250 e. The van der Waals surface area contributed by atoms with E-state index in [1.54, 1.807) is 13.8 Å². The predicted octanol–water partition coefficient (Wildman–Crippen LogP) is 3.08. The topological polar surface area (TPSA) is 0 Å². The van der Waals surface area contributed by atoms with Crippen LogP contribution in [0.15, 0.2) is 11.6 Å². The minimum Gasteiger partial charge on any atom is -0.250 e. The fraction of sp³-hybridized carbons (Fsp3) is 0.800. The van der Waals surface area contributed by atoms with Gasteiger partial charge < -0.3 is 0 Å². The molecule has 0 aliphatic carbocycles. The van der Waals surface area contributed by atoms with E-state index < -0.39 is 5.57 Å². The van der Waals surface area contributed by atoms with Gasteiger partial charge in [0.25, 0.3) is 0 Å². The third-order valence-corrected chi connectivity index (χ3v) is 2.24. The normalized spacial score (nSPS) is 18.5. The maximum Gasteiger partial charge on any atom is 0.127 e. The summed E-state index contributed by atoms with van der Waals surface area (Å²) in [4.78, 5) is 0. The Kier molecular flexibility index (Phi) is 4.02. The molecule has 0 rings (SSSR count). The van der Waals surface area contributed by atoms with E-state index >= 15 is 0 Å².